The van der Waals surface area contributed by atoms with E-state index in [9.17, 15) is 19.8 Å². The van der Waals surface area contributed by atoms with Gasteiger partial charge in [0.15, 0.2) is 11.6 Å². The van der Waals surface area contributed by atoms with Crippen molar-refractivity contribution in [2.75, 3.05) is 75.7 Å². The number of nitrogens with zero attached hydrogens (tertiary/aromatic N) is 8. The number of likely N-dealkylation sites (tertiary alicyclic amines) is 2. The summed E-state index contributed by atoms with van der Waals surface area (Å²) in [5, 5.41) is 42.8. The minimum atomic E-state index is -1.06. The van der Waals surface area contributed by atoms with Crippen LogP contribution < -0.4 is 25.4 Å². The first kappa shape index (κ1) is 44.6. The number of hydrogen-bond donors (Lipinski definition) is 3. The minimum absolute atomic E-state index is 0.0468. The predicted octanol–water partition coefficient (Wildman–Crippen LogP) is 4.92. The highest BCUT2D eigenvalue weighted by atomic mass is 32.1. The number of nitrogens with one attached hydrogen (secondary N) is 2. The summed E-state index contributed by atoms with van der Waals surface area (Å²) < 4.78 is 11.8. The third-order valence-corrected chi connectivity index (χ3v) is 14.6. The molecule has 0 spiro atoms. The van der Waals surface area contributed by atoms with Crippen LogP contribution in [0.15, 0.2) is 70.7 Å². The Kier molecular flexibility index (Phi) is 13.3. The summed E-state index contributed by atoms with van der Waals surface area (Å²) in [6.07, 6.45) is 1.23. The number of fused-ring (bicyclic) bond motifs is 3. The summed E-state index contributed by atoms with van der Waals surface area (Å²) in [5.41, 5.74) is 7.19. The van der Waals surface area contributed by atoms with Crippen molar-refractivity contribution in [1.29, 1.82) is 0 Å². The molecule has 2 amide bonds. The number of para-hydroxylation sites is 1. The molecule has 5 aromatic rings. The molecule has 3 fully saturated rings. The van der Waals surface area contributed by atoms with E-state index in [2.05, 4.69) is 45.7 Å². The maximum Gasteiger partial charge on any atom is 0.254 e. The highest BCUT2D eigenvalue weighted by Gasteiger charge is 2.42. The Bertz CT molecular complexity index is 2440. The largest absolute Gasteiger partial charge is 0.851 e. The lowest BCUT2D eigenvalue weighted by atomic mass is 9.91. The average Bonchev–Trinajstić information content (AvgIpc) is 4.07. The second kappa shape index (κ2) is 19.5. The van der Waals surface area contributed by atoms with Crippen molar-refractivity contribution in [2.45, 2.75) is 77.1 Å². The van der Waals surface area contributed by atoms with Crippen molar-refractivity contribution in [3.05, 3.63) is 83.2 Å². The number of phenolic OH excluding ortho intramolecular Hbond substituents is 1. The van der Waals surface area contributed by atoms with Crippen LogP contribution in [0.4, 0.5) is 11.5 Å². The minimum Gasteiger partial charge on any atom is -0.851 e. The molecule has 7 heterocycles. The van der Waals surface area contributed by atoms with Crippen molar-refractivity contribution in [1.82, 2.24) is 40.4 Å². The van der Waals surface area contributed by atoms with E-state index in [1.165, 1.54) is 4.90 Å². The lowest BCUT2D eigenvalue weighted by molar-refractivity contribution is -0.414. The van der Waals surface area contributed by atoms with E-state index in [0.717, 1.165) is 98.4 Å². The number of phenols is 1. The monoisotopic (exact) mass is 903 g/mol. The van der Waals surface area contributed by atoms with E-state index in [1.807, 2.05) is 81.7 Å². The van der Waals surface area contributed by atoms with E-state index in [1.54, 1.807) is 23.5 Å². The van der Waals surface area contributed by atoms with Crippen LogP contribution in [0.25, 0.3) is 21.7 Å². The van der Waals surface area contributed by atoms with Gasteiger partial charge in [-0.15, -0.1) is 27.6 Å². The number of ether oxygens (including phenoxy) is 1. The zero-order valence-corrected chi connectivity index (χ0v) is 38.4. The standard InChI is InChI=1S/C48H59N10O6S/c1-29(2)44(48(62)58-27-36(59)21-40(58)47(61)51-30(3)33-9-11-34(12-10-33)45-31(4)50-28-65-45)42-23-43(54-64-42)63-20-19-55-15-13-32(14-16-55)25-56-17-18-57-35(26-56)24-49-46-39(57)22-38(52-53-46)37-7-5-6-8-41(37)60/h5-12,22-23,28-30,32,35-36,40,44,60H,13-21,24-27H2,1-4H3,(H,49,53)(H,51,61)/q-1. The molecule has 17 heteroatoms. The van der Waals surface area contributed by atoms with E-state index in [0.29, 0.717) is 41.5 Å². The lowest BCUT2D eigenvalue weighted by Gasteiger charge is -2.47. The Labute approximate surface area is 384 Å². The molecule has 3 saturated heterocycles. The highest BCUT2D eigenvalue weighted by molar-refractivity contribution is 7.13. The van der Waals surface area contributed by atoms with Gasteiger partial charge in [0.1, 0.15) is 24.3 Å². The van der Waals surface area contributed by atoms with E-state index in [-0.39, 0.29) is 42.5 Å². The number of benzene rings is 2. The van der Waals surface area contributed by atoms with Crippen molar-refractivity contribution < 1.29 is 29.1 Å². The van der Waals surface area contributed by atoms with Crippen LogP contribution in [0.5, 0.6) is 11.6 Å². The first-order chi connectivity index (χ1) is 31.5. The number of hydrogen-bond acceptors (Lipinski definition) is 15. The molecule has 344 valence electrons. The van der Waals surface area contributed by atoms with Crippen molar-refractivity contribution in [2.24, 2.45) is 11.8 Å². The Morgan fingerprint density at radius 1 is 1.02 bits per heavy atom. The fraction of sp³-hybridized carbons (Fsp3) is 0.500. The van der Waals surface area contributed by atoms with Crippen molar-refractivity contribution in [3.8, 4) is 33.3 Å². The summed E-state index contributed by atoms with van der Waals surface area (Å²) in [5.74, 6) is 0.719. The predicted molar refractivity (Wildman–Crippen MR) is 247 cm³/mol. The van der Waals surface area contributed by atoms with Gasteiger partial charge in [0.2, 0.25) is 11.8 Å². The highest BCUT2D eigenvalue weighted by Crippen LogP contribution is 2.37. The van der Waals surface area contributed by atoms with E-state index >= 15 is 0 Å². The fourth-order valence-electron chi connectivity index (χ4n) is 9.96. The summed E-state index contributed by atoms with van der Waals surface area (Å²) in [6.45, 7) is 15.6. The van der Waals surface area contributed by atoms with E-state index in [4.69, 9.17) is 9.26 Å². The van der Waals surface area contributed by atoms with Crippen LogP contribution in [0, 0.1) is 18.8 Å². The maximum atomic E-state index is 14.2. The number of carbonyl (C=O) groups is 2. The first-order valence-electron chi connectivity index (χ1n) is 23.0. The molecule has 4 aliphatic rings. The molecule has 0 saturated carbocycles. The van der Waals surface area contributed by atoms with Gasteiger partial charge in [0.25, 0.3) is 5.88 Å². The summed E-state index contributed by atoms with van der Waals surface area (Å²) in [4.78, 5) is 42.2. The molecule has 2 aromatic carbocycles. The van der Waals surface area contributed by atoms with Gasteiger partial charge in [-0.3, -0.25) is 19.4 Å². The summed E-state index contributed by atoms with van der Waals surface area (Å²) in [6, 6.07) is 18.1. The van der Waals surface area contributed by atoms with Crippen LogP contribution >= 0.6 is 11.3 Å². The molecule has 3 N–H and O–H groups in total. The third kappa shape index (κ3) is 9.83. The molecule has 16 nitrogen and oxygen atoms in total. The normalized spacial score (nSPS) is 21.4. The number of piperidine rings is 1. The summed E-state index contributed by atoms with van der Waals surface area (Å²) >= 11 is 1.59. The topological polar surface area (TPSA) is 188 Å². The van der Waals surface area contributed by atoms with Crippen molar-refractivity contribution >= 4 is 34.7 Å². The Morgan fingerprint density at radius 2 is 1.82 bits per heavy atom. The Morgan fingerprint density at radius 3 is 2.57 bits per heavy atom. The quantitative estimate of drug-likeness (QED) is 0.136. The number of aromatic hydroxyl groups is 1. The molecule has 5 atom stereocenters. The molecule has 3 aromatic heterocycles. The third-order valence-electron chi connectivity index (χ3n) is 13.6. The Balaban J connectivity index is 0.725. The number of aromatic nitrogens is 4. The van der Waals surface area contributed by atoms with Gasteiger partial charge in [0.05, 0.1) is 39.5 Å². The maximum absolute atomic E-state index is 14.2. The second-order valence-electron chi connectivity index (χ2n) is 18.4. The van der Waals surface area contributed by atoms with Crippen LogP contribution in [-0.2, 0) is 9.59 Å². The van der Waals surface area contributed by atoms with Gasteiger partial charge in [-0.2, -0.15) is 0 Å². The molecule has 0 bridgehead atoms. The zero-order chi connectivity index (χ0) is 45.2. The molecule has 4 aliphatic heterocycles. The molecule has 65 heavy (non-hydrogen) atoms. The van der Waals surface area contributed by atoms with Crippen LogP contribution in [0.1, 0.15) is 69.0 Å². The van der Waals surface area contributed by atoms with Crippen LogP contribution in [-0.4, -0.2) is 136 Å². The van der Waals surface area contributed by atoms with Gasteiger partial charge < -0.3 is 39.9 Å². The molecule has 0 radical (unpaired) electrons. The van der Waals surface area contributed by atoms with E-state index < -0.39 is 18.1 Å². The zero-order valence-electron chi connectivity index (χ0n) is 37.6. The number of piperazine rings is 1. The summed E-state index contributed by atoms with van der Waals surface area (Å²) in [7, 11) is 0. The molecule has 0 aliphatic carbocycles. The Hall–Kier alpha value is -5.62. The number of rotatable bonds is 14. The number of carbonyl (C=O) groups excluding carboxylic acids is 2. The number of aryl methyl sites for hydroxylation is 1. The molecule has 5 unspecified atom stereocenters. The number of amides is 2. The molecular weight excluding hydrogens is 845 g/mol. The van der Waals surface area contributed by atoms with Crippen LogP contribution in [0.2, 0.25) is 0 Å². The SMILES string of the molecule is Cc1ncsc1-c1ccc(C(C)NC(=O)C2CC([O-])CN2C(=O)C(c2cc(OCCN3CCC(CN4CCN5c6cc(-c7ccccc7O)nnc6NCC5C4)CC3)no2)C(C)C)cc1. The van der Waals surface area contributed by atoms with Gasteiger partial charge in [-0.1, -0.05) is 50.2 Å². The van der Waals surface area contributed by atoms with Crippen molar-refractivity contribution in [3.63, 3.8) is 0 Å². The second-order valence-corrected chi connectivity index (χ2v) is 19.2. The number of thiazole rings is 1. The first-order valence-corrected chi connectivity index (χ1v) is 23.8. The van der Waals surface area contributed by atoms with Gasteiger partial charge in [-0.25, -0.2) is 4.98 Å². The molecular formula is C48H59N10O6S-. The smallest absolute Gasteiger partial charge is 0.254 e. The van der Waals surface area contributed by atoms with Gasteiger partial charge >= 0.3 is 0 Å². The van der Waals surface area contributed by atoms with Gasteiger partial charge in [-0.05, 0) is 92.5 Å². The van der Waals surface area contributed by atoms with Gasteiger partial charge in [0, 0.05) is 57.4 Å². The lowest BCUT2D eigenvalue weighted by Crippen LogP contribution is -2.58. The number of anilines is 2. The van der Waals surface area contributed by atoms with Crippen LogP contribution in [0.3, 0.4) is 0 Å². The average molecular weight is 904 g/mol. The fourth-order valence-corrected chi connectivity index (χ4v) is 10.8. The molecule has 9 rings (SSSR count).